The van der Waals surface area contributed by atoms with E-state index in [1.165, 1.54) is 0 Å². The van der Waals surface area contributed by atoms with Crippen molar-refractivity contribution in [3.05, 3.63) is 0 Å². The molecule has 0 spiro atoms. The van der Waals surface area contributed by atoms with E-state index in [-0.39, 0.29) is 18.4 Å². The van der Waals surface area contributed by atoms with Crippen molar-refractivity contribution in [2.75, 3.05) is 46.8 Å². The van der Waals surface area contributed by atoms with Crippen LogP contribution in [0.3, 0.4) is 0 Å². The number of carbonyl (C=O) groups is 2. The molecule has 116 valence electrons. The monoisotopic (exact) mass is 286 g/mol. The largest absolute Gasteiger partial charge is 0.331 e. The number of carbonyl (C=O) groups excluding carboxylic acids is 2. The molecule has 1 rings (SSSR count). The highest BCUT2D eigenvalue weighted by Crippen LogP contribution is 2.16. The minimum atomic E-state index is -0.293. The number of likely N-dealkylation sites (N-methyl/N-ethyl adjacent to an activating group) is 1. The van der Waals surface area contributed by atoms with Crippen LogP contribution < -0.4 is 0 Å². The van der Waals surface area contributed by atoms with Gasteiger partial charge < -0.3 is 9.38 Å². The van der Waals surface area contributed by atoms with Crippen LogP contribution in [0.4, 0.5) is 0 Å². The van der Waals surface area contributed by atoms with E-state index >= 15 is 0 Å². The lowest BCUT2D eigenvalue weighted by Gasteiger charge is -2.40. The summed E-state index contributed by atoms with van der Waals surface area (Å²) in [6.45, 7) is 5.56. The second kappa shape index (κ2) is 7.59. The Morgan fingerprint density at radius 1 is 1.40 bits per heavy atom. The number of unbranched alkanes of at least 4 members (excludes halogenated alkanes) is 1. The van der Waals surface area contributed by atoms with Gasteiger partial charge in [-0.1, -0.05) is 19.8 Å². The number of piperazine rings is 1. The zero-order valence-corrected chi connectivity index (χ0v) is 12.9. The first kappa shape index (κ1) is 16.9. The van der Waals surface area contributed by atoms with E-state index in [0.717, 1.165) is 49.9 Å². The van der Waals surface area contributed by atoms with Gasteiger partial charge >= 0.3 is 0 Å². The SMILES string of the molecule is CCCCC(CN(O)C=O)C(=O)N1CC[N+](C)(C)CC1. The van der Waals surface area contributed by atoms with Crippen LogP contribution in [0.2, 0.25) is 0 Å². The Balaban J connectivity index is 2.60. The normalized spacial score (nSPS) is 19.5. The lowest BCUT2D eigenvalue weighted by atomic mass is 9.99. The lowest BCUT2D eigenvalue weighted by molar-refractivity contribution is -0.894. The molecule has 1 saturated heterocycles. The quantitative estimate of drug-likeness (QED) is 0.322. The third-order valence-electron chi connectivity index (χ3n) is 4.05. The van der Waals surface area contributed by atoms with Gasteiger partial charge in [0.05, 0.1) is 52.7 Å². The van der Waals surface area contributed by atoms with Crippen LogP contribution >= 0.6 is 0 Å². The molecule has 0 aliphatic carbocycles. The molecule has 0 bridgehead atoms. The number of nitrogens with zero attached hydrogens (tertiary/aromatic N) is 3. The summed E-state index contributed by atoms with van der Waals surface area (Å²) >= 11 is 0. The predicted molar refractivity (Wildman–Crippen MR) is 76.0 cm³/mol. The van der Waals surface area contributed by atoms with Crippen molar-refractivity contribution in [1.29, 1.82) is 0 Å². The second-order valence-corrected chi connectivity index (χ2v) is 6.27. The molecule has 0 saturated carbocycles. The Bertz CT molecular complexity index is 324. The van der Waals surface area contributed by atoms with E-state index in [2.05, 4.69) is 21.0 Å². The fraction of sp³-hybridized carbons (Fsp3) is 0.857. The number of amides is 2. The maximum atomic E-state index is 12.5. The van der Waals surface area contributed by atoms with E-state index in [4.69, 9.17) is 0 Å². The molecule has 1 aliphatic heterocycles. The molecular formula is C14H28N3O3+. The van der Waals surface area contributed by atoms with Crippen LogP contribution in [0.1, 0.15) is 26.2 Å². The first-order valence-electron chi connectivity index (χ1n) is 7.41. The third-order valence-corrected chi connectivity index (χ3v) is 4.05. The zero-order valence-electron chi connectivity index (χ0n) is 12.9. The van der Waals surface area contributed by atoms with Crippen LogP contribution in [-0.2, 0) is 9.59 Å². The van der Waals surface area contributed by atoms with Gasteiger partial charge in [0.2, 0.25) is 12.3 Å². The van der Waals surface area contributed by atoms with E-state index in [1.807, 2.05) is 4.90 Å². The third kappa shape index (κ3) is 5.09. The summed E-state index contributed by atoms with van der Waals surface area (Å²) in [5.41, 5.74) is 0. The molecule has 1 heterocycles. The first-order chi connectivity index (χ1) is 9.39. The molecule has 2 amide bonds. The van der Waals surface area contributed by atoms with Gasteiger partial charge in [0.25, 0.3) is 0 Å². The van der Waals surface area contributed by atoms with Crippen molar-refractivity contribution in [2.24, 2.45) is 5.92 Å². The van der Waals surface area contributed by atoms with E-state index in [1.54, 1.807) is 0 Å². The Morgan fingerprint density at radius 3 is 2.50 bits per heavy atom. The van der Waals surface area contributed by atoms with Crippen molar-refractivity contribution in [3.8, 4) is 0 Å². The summed E-state index contributed by atoms with van der Waals surface area (Å²) in [5, 5.41) is 9.93. The molecule has 6 nitrogen and oxygen atoms in total. The summed E-state index contributed by atoms with van der Waals surface area (Å²) in [5.74, 6) is -0.224. The van der Waals surface area contributed by atoms with Gasteiger partial charge in [-0.3, -0.25) is 14.8 Å². The van der Waals surface area contributed by atoms with Gasteiger partial charge in [-0.15, -0.1) is 0 Å². The summed E-state index contributed by atoms with van der Waals surface area (Å²) in [4.78, 5) is 25.0. The number of hydrogen-bond acceptors (Lipinski definition) is 3. The van der Waals surface area contributed by atoms with E-state index < -0.39 is 0 Å². The molecule has 1 unspecified atom stereocenters. The predicted octanol–water partition coefficient (Wildman–Crippen LogP) is 0.559. The Labute approximate surface area is 121 Å². The van der Waals surface area contributed by atoms with E-state index in [9.17, 15) is 14.8 Å². The molecule has 0 aromatic carbocycles. The highest BCUT2D eigenvalue weighted by atomic mass is 16.5. The molecule has 0 radical (unpaired) electrons. The topological polar surface area (TPSA) is 60.9 Å². The number of quaternary nitrogens is 1. The van der Waals surface area contributed by atoms with Crippen LogP contribution in [0.5, 0.6) is 0 Å². The molecule has 0 aromatic heterocycles. The maximum Gasteiger partial charge on any atom is 0.233 e. The van der Waals surface area contributed by atoms with Crippen LogP contribution in [0.25, 0.3) is 0 Å². The van der Waals surface area contributed by atoms with Crippen LogP contribution in [0, 0.1) is 5.92 Å². The number of hydroxylamine groups is 2. The Hall–Kier alpha value is -1.14. The standard InChI is InChI=1S/C14H28N3O3/c1-4-5-6-13(11-16(20)12-18)14(19)15-7-9-17(2,3)10-8-15/h12-13,20H,4-11H2,1-3H3/q+1. The summed E-state index contributed by atoms with van der Waals surface area (Å²) in [6.07, 6.45) is 3.01. The summed E-state index contributed by atoms with van der Waals surface area (Å²) in [7, 11) is 4.33. The Kier molecular flexibility index (Phi) is 6.42. The first-order valence-corrected chi connectivity index (χ1v) is 7.41. The van der Waals surface area contributed by atoms with Crippen molar-refractivity contribution in [3.63, 3.8) is 0 Å². The second-order valence-electron chi connectivity index (χ2n) is 6.27. The van der Waals surface area contributed by atoms with Gasteiger partial charge in [0.15, 0.2) is 0 Å². The molecular weight excluding hydrogens is 258 g/mol. The van der Waals surface area contributed by atoms with Crippen molar-refractivity contribution in [2.45, 2.75) is 26.2 Å². The smallest absolute Gasteiger partial charge is 0.233 e. The van der Waals surface area contributed by atoms with Crippen molar-refractivity contribution < 1.29 is 19.3 Å². The molecule has 1 fully saturated rings. The van der Waals surface area contributed by atoms with E-state index in [0.29, 0.717) is 11.5 Å². The Morgan fingerprint density at radius 2 is 2.00 bits per heavy atom. The molecule has 1 atom stereocenters. The minimum Gasteiger partial charge on any atom is -0.331 e. The van der Waals surface area contributed by atoms with Gasteiger partial charge in [-0.2, -0.15) is 0 Å². The number of hydrogen-bond donors (Lipinski definition) is 1. The fourth-order valence-corrected chi connectivity index (χ4v) is 2.50. The minimum absolute atomic E-state index is 0.0686. The highest BCUT2D eigenvalue weighted by Gasteiger charge is 2.31. The van der Waals surface area contributed by atoms with Gasteiger partial charge in [0.1, 0.15) is 0 Å². The average molecular weight is 286 g/mol. The van der Waals surface area contributed by atoms with Gasteiger partial charge in [0, 0.05) is 0 Å². The molecule has 1 N–H and O–H groups in total. The summed E-state index contributed by atoms with van der Waals surface area (Å²) < 4.78 is 0.934. The lowest BCUT2D eigenvalue weighted by Crippen LogP contribution is -2.57. The van der Waals surface area contributed by atoms with Crippen molar-refractivity contribution >= 4 is 12.3 Å². The summed E-state index contributed by atoms with van der Waals surface area (Å²) in [6, 6.07) is 0. The van der Waals surface area contributed by atoms with Crippen LogP contribution in [0.15, 0.2) is 0 Å². The fourth-order valence-electron chi connectivity index (χ4n) is 2.50. The number of rotatable bonds is 7. The van der Waals surface area contributed by atoms with Crippen LogP contribution in [-0.4, -0.2) is 78.8 Å². The molecule has 20 heavy (non-hydrogen) atoms. The van der Waals surface area contributed by atoms with Gasteiger partial charge in [-0.05, 0) is 6.42 Å². The highest BCUT2D eigenvalue weighted by molar-refractivity contribution is 5.79. The molecule has 1 aliphatic rings. The maximum absolute atomic E-state index is 12.5. The zero-order chi connectivity index (χ0) is 15.2. The molecule has 6 heteroatoms. The molecule has 0 aromatic rings. The van der Waals surface area contributed by atoms with Crippen molar-refractivity contribution in [1.82, 2.24) is 9.96 Å². The van der Waals surface area contributed by atoms with Gasteiger partial charge in [-0.25, -0.2) is 5.06 Å². The average Bonchev–Trinajstić information content (AvgIpc) is 2.42.